The van der Waals surface area contributed by atoms with E-state index in [9.17, 15) is 10.2 Å². The number of nitrogens with zero attached hydrogens (tertiary/aromatic N) is 1. The van der Waals surface area contributed by atoms with Crippen molar-refractivity contribution in [1.29, 1.82) is 0 Å². The number of hydrogen-bond acceptors (Lipinski definition) is 2. The Morgan fingerprint density at radius 3 is 1.91 bits per heavy atom. The van der Waals surface area contributed by atoms with Gasteiger partial charge in [-0.2, -0.15) is 0 Å². The van der Waals surface area contributed by atoms with Crippen molar-refractivity contribution in [1.82, 2.24) is 4.57 Å². The second-order valence-corrected chi connectivity index (χ2v) is 3.24. The molecule has 0 saturated heterocycles. The van der Waals surface area contributed by atoms with Crippen LogP contribution in [-0.4, -0.2) is 14.8 Å². The summed E-state index contributed by atoms with van der Waals surface area (Å²) in [6, 6.07) is 0.128. The monoisotopic (exact) mass is 153 g/mol. The Kier molecular flexibility index (Phi) is 1.03. The molecule has 0 atom stereocenters. The molecule has 0 unspecified atom stereocenters. The van der Waals surface area contributed by atoms with Gasteiger partial charge in [0.15, 0.2) is 11.8 Å². The summed E-state index contributed by atoms with van der Waals surface area (Å²) in [5, 5.41) is 18.9. The van der Waals surface area contributed by atoms with E-state index >= 15 is 0 Å². The summed E-state index contributed by atoms with van der Waals surface area (Å²) < 4.78 is 1.55. The smallest absolute Gasteiger partial charge is 0.198 e. The molecule has 1 aliphatic carbocycles. The van der Waals surface area contributed by atoms with Crippen LogP contribution in [0.3, 0.4) is 0 Å². The molecule has 3 heteroatoms. The van der Waals surface area contributed by atoms with Gasteiger partial charge in [0, 0.05) is 23.6 Å². The van der Waals surface area contributed by atoms with Crippen LogP contribution in [0.15, 0.2) is 0 Å². The molecule has 2 N–H and O–H groups in total. The largest absolute Gasteiger partial charge is 0.494 e. The summed E-state index contributed by atoms with van der Waals surface area (Å²) in [4.78, 5) is 0. The molecule has 0 amide bonds. The molecule has 3 nitrogen and oxygen atoms in total. The van der Waals surface area contributed by atoms with Crippen molar-refractivity contribution in [3.8, 4) is 11.8 Å². The molecule has 1 aliphatic rings. The van der Waals surface area contributed by atoms with Crippen molar-refractivity contribution in [3.63, 3.8) is 0 Å². The van der Waals surface area contributed by atoms with E-state index < -0.39 is 0 Å². The Hall–Kier alpha value is -1.12. The van der Waals surface area contributed by atoms with Gasteiger partial charge in [-0.05, 0) is 13.8 Å². The number of hydrogen-bond donors (Lipinski definition) is 2. The fourth-order valence-corrected chi connectivity index (χ4v) is 1.44. The minimum absolute atomic E-state index is 0.128. The lowest BCUT2D eigenvalue weighted by Gasteiger charge is -2.11. The average Bonchev–Trinajstić information content (AvgIpc) is 2.59. The van der Waals surface area contributed by atoms with E-state index in [-0.39, 0.29) is 17.8 Å². The average molecular weight is 153 g/mol. The highest BCUT2D eigenvalue weighted by Gasteiger charge is 2.33. The molecule has 60 valence electrons. The van der Waals surface area contributed by atoms with Gasteiger partial charge in [0.2, 0.25) is 0 Å². The minimum atomic E-state index is 0.128. The summed E-state index contributed by atoms with van der Waals surface area (Å²) in [6.07, 6.45) is 0.765. The third-order valence-corrected chi connectivity index (χ3v) is 2.11. The van der Waals surface area contributed by atoms with Crippen LogP contribution in [0.1, 0.15) is 31.0 Å². The van der Waals surface area contributed by atoms with Crippen LogP contribution in [0.5, 0.6) is 11.8 Å². The quantitative estimate of drug-likeness (QED) is 0.650. The predicted octanol–water partition coefficient (Wildman–Crippen LogP) is 1.38. The van der Waals surface area contributed by atoms with Crippen LogP contribution in [0.4, 0.5) is 0 Å². The first-order valence-electron chi connectivity index (χ1n) is 3.76. The lowest BCUT2D eigenvalue weighted by molar-refractivity contribution is 0.344. The highest BCUT2D eigenvalue weighted by Crippen LogP contribution is 2.47. The number of aromatic nitrogens is 1. The van der Waals surface area contributed by atoms with Crippen molar-refractivity contribution in [2.45, 2.75) is 26.3 Å². The van der Waals surface area contributed by atoms with E-state index in [0.717, 1.165) is 17.5 Å². The Morgan fingerprint density at radius 2 is 1.64 bits per heavy atom. The molecule has 0 bridgehead atoms. The highest BCUT2D eigenvalue weighted by atomic mass is 16.3. The van der Waals surface area contributed by atoms with Crippen LogP contribution in [0.2, 0.25) is 0 Å². The molecule has 11 heavy (non-hydrogen) atoms. The highest BCUT2D eigenvalue weighted by molar-refractivity contribution is 5.59. The third kappa shape index (κ3) is 0.679. The maximum atomic E-state index is 9.44. The van der Waals surface area contributed by atoms with Gasteiger partial charge in [-0.3, -0.25) is 4.57 Å². The number of fused-ring (bicyclic) bond motifs is 1. The Labute approximate surface area is 64.9 Å². The molecule has 1 aromatic heterocycles. The molecule has 0 saturated carbocycles. The molecule has 1 heterocycles. The third-order valence-electron chi connectivity index (χ3n) is 2.11. The molecule has 0 fully saturated rings. The van der Waals surface area contributed by atoms with Gasteiger partial charge < -0.3 is 10.2 Å². The van der Waals surface area contributed by atoms with Crippen molar-refractivity contribution < 1.29 is 10.2 Å². The molecule has 0 aliphatic heterocycles. The van der Waals surface area contributed by atoms with E-state index in [4.69, 9.17) is 0 Å². The van der Waals surface area contributed by atoms with E-state index in [0.29, 0.717) is 0 Å². The molecule has 2 rings (SSSR count). The van der Waals surface area contributed by atoms with Crippen molar-refractivity contribution in [2.75, 3.05) is 0 Å². The summed E-state index contributed by atoms with van der Waals surface area (Å²) >= 11 is 0. The first kappa shape index (κ1) is 6.58. The van der Waals surface area contributed by atoms with Crippen LogP contribution in [0.25, 0.3) is 0 Å². The van der Waals surface area contributed by atoms with Crippen molar-refractivity contribution >= 4 is 0 Å². The zero-order valence-corrected chi connectivity index (χ0v) is 6.63. The fourth-order valence-electron chi connectivity index (χ4n) is 1.44. The molecular formula is C8H11NO2. The van der Waals surface area contributed by atoms with Crippen LogP contribution in [-0.2, 0) is 6.42 Å². The van der Waals surface area contributed by atoms with E-state index in [1.165, 1.54) is 0 Å². The molecule has 0 spiro atoms. The Balaban J connectivity index is 2.57. The van der Waals surface area contributed by atoms with Crippen molar-refractivity contribution in [3.05, 3.63) is 11.1 Å². The van der Waals surface area contributed by atoms with Crippen molar-refractivity contribution in [2.24, 2.45) is 0 Å². The minimum Gasteiger partial charge on any atom is -0.494 e. The normalized spacial score (nSPS) is 13.7. The fraction of sp³-hybridized carbons (Fsp3) is 0.500. The lowest BCUT2D eigenvalue weighted by atomic mass is 10.4. The molecule has 0 aromatic carbocycles. The van der Waals surface area contributed by atoms with Crippen LogP contribution in [0, 0.1) is 0 Å². The number of rotatable bonds is 1. The SMILES string of the molecule is CC(C)n1c(O)c2c(c1O)C2. The zero-order chi connectivity index (χ0) is 8.17. The summed E-state index contributed by atoms with van der Waals surface area (Å²) in [6.45, 7) is 3.86. The zero-order valence-electron chi connectivity index (χ0n) is 6.63. The topological polar surface area (TPSA) is 45.4 Å². The first-order valence-corrected chi connectivity index (χ1v) is 3.76. The van der Waals surface area contributed by atoms with E-state index in [1.54, 1.807) is 4.57 Å². The van der Waals surface area contributed by atoms with Gasteiger partial charge in [-0.1, -0.05) is 0 Å². The Bertz CT molecular complexity index is 287. The van der Waals surface area contributed by atoms with Crippen LogP contribution >= 0.6 is 0 Å². The summed E-state index contributed by atoms with van der Waals surface area (Å²) in [5.41, 5.74) is 1.83. The van der Waals surface area contributed by atoms with Gasteiger partial charge in [0.05, 0.1) is 0 Å². The van der Waals surface area contributed by atoms with Gasteiger partial charge >= 0.3 is 0 Å². The number of aromatic hydroxyl groups is 2. The second-order valence-electron chi connectivity index (χ2n) is 3.24. The maximum Gasteiger partial charge on any atom is 0.198 e. The van der Waals surface area contributed by atoms with E-state index in [1.807, 2.05) is 13.8 Å². The standard InChI is InChI=1S/C8H11NO2/c1-4(2)9-7(10)5-3-6(5)8(9)11/h4,10-11H,3H2,1-2H3. The first-order chi connectivity index (χ1) is 5.13. The molecule has 1 aromatic rings. The maximum absolute atomic E-state index is 9.44. The predicted molar refractivity (Wildman–Crippen MR) is 41.0 cm³/mol. The second kappa shape index (κ2) is 1.72. The summed E-state index contributed by atoms with van der Waals surface area (Å²) in [5.74, 6) is 0.486. The van der Waals surface area contributed by atoms with Gasteiger partial charge in [-0.15, -0.1) is 0 Å². The summed E-state index contributed by atoms with van der Waals surface area (Å²) in [7, 11) is 0. The van der Waals surface area contributed by atoms with Gasteiger partial charge in [0.25, 0.3) is 0 Å². The van der Waals surface area contributed by atoms with Gasteiger partial charge in [0.1, 0.15) is 0 Å². The van der Waals surface area contributed by atoms with E-state index in [2.05, 4.69) is 0 Å². The molecule has 0 radical (unpaired) electrons. The van der Waals surface area contributed by atoms with Crippen LogP contribution < -0.4 is 0 Å². The lowest BCUT2D eigenvalue weighted by Crippen LogP contribution is -2.00. The Morgan fingerprint density at radius 1 is 1.18 bits per heavy atom. The molecular weight excluding hydrogens is 142 g/mol. The van der Waals surface area contributed by atoms with Gasteiger partial charge in [-0.25, -0.2) is 0 Å².